The fraction of sp³-hybridized carbons (Fsp3) is 0. The van der Waals surface area contributed by atoms with Crippen LogP contribution in [0.1, 0.15) is 0 Å². The zero-order valence-corrected chi connectivity index (χ0v) is 13.0. The van der Waals surface area contributed by atoms with Crippen LogP contribution in [0.15, 0.2) is 59.7 Å². The lowest BCUT2D eigenvalue weighted by Gasteiger charge is -2.08. The van der Waals surface area contributed by atoms with Crippen LogP contribution >= 0.6 is 11.6 Å². The smallest absolute Gasteiger partial charge is 0.312 e. The van der Waals surface area contributed by atoms with Gasteiger partial charge in [-0.05, 0) is 34.2 Å². The molecule has 0 atom stereocenters. The molecule has 0 bridgehead atoms. The number of rotatable bonds is 3. The van der Waals surface area contributed by atoms with Crippen molar-refractivity contribution in [3.8, 4) is 28.2 Å². The second kappa shape index (κ2) is 5.78. The summed E-state index contributed by atoms with van der Waals surface area (Å²) >= 11 is 6.40. The molecule has 0 fully saturated rings. The average Bonchev–Trinajstić information content (AvgIpc) is 3.27. The Morgan fingerprint density at radius 1 is 1.04 bits per heavy atom. The van der Waals surface area contributed by atoms with Gasteiger partial charge in [0.15, 0.2) is 5.82 Å². The molecule has 24 heavy (non-hydrogen) atoms. The predicted molar refractivity (Wildman–Crippen MR) is 90.0 cm³/mol. The summed E-state index contributed by atoms with van der Waals surface area (Å²) in [4.78, 5) is 14.3. The minimum Gasteiger partial charge on any atom is -0.312 e. The zero-order chi connectivity index (χ0) is 16.5. The van der Waals surface area contributed by atoms with Gasteiger partial charge in [0.2, 0.25) is 0 Å². The van der Waals surface area contributed by atoms with Crippen molar-refractivity contribution < 1.29 is 0 Å². The Balaban J connectivity index is 1.69. The van der Waals surface area contributed by atoms with E-state index in [9.17, 15) is 4.79 Å². The largest absolute Gasteiger partial charge is 0.330 e. The third kappa shape index (κ3) is 2.50. The first kappa shape index (κ1) is 14.4. The molecule has 0 saturated heterocycles. The molecule has 0 aliphatic rings. The van der Waals surface area contributed by atoms with Gasteiger partial charge in [0.25, 0.3) is 0 Å². The van der Waals surface area contributed by atoms with E-state index in [1.54, 1.807) is 12.4 Å². The number of H-pyrrole nitrogens is 2. The number of benzene rings is 2. The topological polar surface area (TPSA) is 92.2 Å². The molecule has 0 aliphatic heterocycles. The number of imidazole rings is 1. The van der Waals surface area contributed by atoms with E-state index in [0.717, 1.165) is 22.4 Å². The van der Waals surface area contributed by atoms with Crippen LogP contribution in [-0.2, 0) is 0 Å². The van der Waals surface area contributed by atoms with Crippen molar-refractivity contribution in [1.82, 2.24) is 30.2 Å². The van der Waals surface area contributed by atoms with Crippen molar-refractivity contribution in [2.24, 2.45) is 0 Å². The molecule has 0 aliphatic carbocycles. The van der Waals surface area contributed by atoms with Crippen LogP contribution in [-0.4, -0.2) is 30.2 Å². The molecular weight excluding hydrogens is 328 g/mol. The van der Waals surface area contributed by atoms with E-state index >= 15 is 0 Å². The molecular formula is C16H11ClN6O. The van der Waals surface area contributed by atoms with Gasteiger partial charge in [0, 0.05) is 28.5 Å². The van der Waals surface area contributed by atoms with Crippen molar-refractivity contribution in [3.63, 3.8) is 0 Å². The molecule has 0 radical (unpaired) electrons. The summed E-state index contributed by atoms with van der Waals surface area (Å²) in [6.45, 7) is 0. The molecule has 4 aromatic rings. The fourth-order valence-electron chi connectivity index (χ4n) is 2.50. The second-order valence-electron chi connectivity index (χ2n) is 5.13. The van der Waals surface area contributed by atoms with Gasteiger partial charge in [-0.15, -0.1) is 5.10 Å². The van der Waals surface area contributed by atoms with Gasteiger partial charge in [-0.3, -0.25) is 4.57 Å². The maximum atomic E-state index is 11.6. The molecule has 118 valence electrons. The Labute approximate surface area is 140 Å². The number of hydrogen-bond donors (Lipinski definition) is 2. The van der Waals surface area contributed by atoms with Crippen LogP contribution in [0.3, 0.4) is 0 Å². The van der Waals surface area contributed by atoms with E-state index in [0.29, 0.717) is 10.8 Å². The molecule has 2 heterocycles. The van der Waals surface area contributed by atoms with Crippen molar-refractivity contribution in [3.05, 3.63) is 70.4 Å². The highest BCUT2D eigenvalue weighted by atomic mass is 35.5. The summed E-state index contributed by atoms with van der Waals surface area (Å²) in [6, 6.07) is 13.2. The molecule has 8 heteroatoms. The van der Waals surface area contributed by atoms with Crippen LogP contribution in [0.25, 0.3) is 28.2 Å². The summed E-state index contributed by atoms with van der Waals surface area (Å²) in [6.07, 6.45) is 3.29. The molecule has 2 aromatic heterocycles. The van der Waals surface area contributed by atoms with E-state index in [4.69, 9.17) is 11.6 Å². The van der Waals surface area contributed by atoms with Crippen LogP contribution in [0.4, 0.5) is 0 Å². The average molecular weight is 339 g/mol. The van der Waals surface area contributed by atoms with Gasteiger partial charge >= 0.3 is 5.69 Å². The normalized spacial score (nSPS) is 10.9. The summed E-state index contributed by atoms with van der Waals surface area (Å²) in [7, 11) is 0. The highest BCUT2D eigenvalue weighted by Gasteiger charge is 2.09. The van der Waals surface area contributed by atoms with E-state index in [1.165, 1.54) is 4.57 Å². The van der Waals surface area contributed by atoms with Crippen molar-refractivity contribution in [2.75, 3.05) is 0 Å². The number of halogens is 1. The minimum absolute atomic E-state index is 0.175. The maximum Gasteiger partial charge on any atom is 0.330 e. The highest BCUT2D eigenvalue weighted by Crippen LogP contribution is 2.31. The number of aromatic amines is 2. The quantitative estimate of drug-likeness (QED) is 0.600. The number of tetrazole rings is 1. The van der Waals surface area contributed by atoms with Gasteiger partial charge in [-0.2, -0.15) is 0 Å². The van der Waals surface area contributed by atoms with E-state index in [1.807, 2.05) is 42.5 Å². The Morgan fingerprint density at radius 2 is 1.83 bits per heavy atom. The van der Waals surface area contributed by atoms with Gasteiger partial charge in [0.1, 0.15) is 0 Å². The molecule has 0 unspecified atom stereocenters. The minimum atomic E-state index is -0.175. The first-order valence-electron chi connectivity index (χ1n) is 7.13. The Morgan fingerprint density at radius 3 is 2.46 bits per heavy atom. The third-order valence-electron chi connectivity index (χ3n) is 3.69. The first-order chi connectivity index (χ1) is 11.7. The molecule has 4 rings (SSSR count). The lowest BCUT2D eigenvalue weighted by Crippen LogP contribution is -2.13. The summed E-state index contributed by atoms with van der Waals surface area (Å²) in [5, 5.41) is 14.3. The van der Waals surface area contributed by atoms with Gasteiger partial charge in [0.05, 0.1) is 5.69 Å². The summed E-state index contributed by atoms with van der Waals surface area (Å²) < 4.78 is 1.53. The second-order valence-corrected chi connectivity index (χ2v) is 5.53. The zero-order valence-electron chi connectivity index (χ0n) is 12.3. The van der Waals surface area contributed by atoms with Crippen molar-refractivity contribution >= 4 is 11.6 Å². The molecule has 0 saturated carbocycles. The van der Waals surface area contributed by atoms with Crippen molar-refractivity contribution in [2.45, 2.75) is 0 Å². The van der Waals surface area contributed by atoms with Gasteiger partial charge in [-0.25, -0.2) is 9.89 Å². The molecule has 2 aromatic carbocycles. The maximum absolute atomic E-state index is 11.6. The fourth-order valence-corrected chi connectivity index (χ4v) is 2.79. The van der Waals surface area contributed by atoms with E-state index in [-0.39, 0.29) is 5.69 Å². The van der Waals surface area contributed by atoms with Crippen LogP contribution in [0, 0.1) is 0 Å². The lowest BCUT2D eigenvalue weighted by molar-refractivity contribution is 0.881. The van der Waals surface area contributed by atoms with Crippen LogP contribution < -0.4 is 5.69 Å². The molecule has 0 amide bonds. The number of aromatic nitrogens is 6. The first-order valence-corrected chi connectivity index (χ1v) is 7.51. The Bertz CT molecular complexity index is 1030. The Hall–Kier alpha value is -3.19. The number of nitrogens with one attached hydrogen (secondary N) is 2. The number of nitrogens with zero attached hydrogens (tertiary/aromatic N) is 4. The predicted octanol–water partition coefficient (Wildman–Crippen LogP) is 2.67. The van der Waals surface area contributed by atoms with Gasteiger partial charge < -0.3 is 4.98 Å². The van der Waals surface area contributed by atoms with E-state index in [2.05, 4.69) is 25.6 Å². The summed E-state index contributed by atoms with van der Waals surface area (Å²) in [5.41, 5.74) is 3.26. The molecule has 0 spiro atoms. The molecule has 7 nitrogen and oxygen atoms in total. The Kier molecular flexibility index (Phi) is 3.47. The van der Waals surface area contributed by atoms with Crippen molar-refractivity contribution in [1.29, 1.82) is 0 Å². The highest BCUT2D eigenvalue weighted by molar-refractivity contribution is 6.33. The van der Waals surface area contributed by atoms with Gasteiger partial charge in [-0.1, -0.05) is 35.9 Å². The molecule has 2 N–H and O–H groups in total. The SMILES string of the molecule is O=c1[nH]ccn1-c1ccc(-c2ccc(-c3nnn[nH]3)cc2Cl)cc1. The number of hydrogen-bond acceptors (Lipinski definition) is 4. The van der Waals surface area contributed by atoms with Crippen LogP contribution in [0.2, 0.25) is 5.02 Å². The summed E-state index contributed by atoms with van der Waals surface area (Å²) in [5.74, 6) is 0.561. The third-order valence-corrected chi connectivity index (χ3v) is 4.01. The van der Waals surface area contributed by atoms with E-state index < -0.39 is 0 Å². The standard InChI is InChI=1S/C16H11ClN6O/c17-14-9-11(15-19-21-22-20-15)3-6-13(14)10-1-4-12(5-2-10)23-8-7-18-16(23)24/h1-9H,(H,18,24)(H,19,20,21,22). The lowest BCUT2D eigenvalue weighted by atomic mass is 10.0. The van der Waals surface area contributed by atoms with Crippen LogP contribution in [0.5, 0.6) is 0 Å². The monoisotopic (exact) mass is 338 g/mol.